The van der Waals surface area contributed by atoms with E-state index in [-0.39, 0.29) is 24.6 Å². The zero-order valence-corrected chi connectivity index (χ0v) is 25.4. The van der Waals surface area contributed by atoms with Crippen molar-refractivity contribution >= 4 is 29.1 Å². The van der Waals surface area contributed by atoms with E-state index in [4.69, 9.17) is 14.2 Å². The molecule has 0 fully saturated rings. The zero-order chi connectivity index (χ0) is 30.7. The molecule has 0 radical (unpaired) electrons. The minimum atomic E-state index is -0.726. The van der Waals surface area contributed by atoms with Gasteiger partial charge < -0.3 is 19.1 Å². The van der Waals surface area contributed by atoms with Gasteiger partial charge in [0.15, 0.2) is 16.3 Å². The number of rotatable bonds is 9. The molecule has 0 amide bonds. The summed E-state index contributed by atoms with van der Waals surface area (Å²) >= 11 is 1.21. The van der Waals surface area contributed by atoms with Crippen LogP contribution in [0.4, 0.5) is 10.1 Å². The fourth-order valence-corrected chi connectivity index (χ4v) is 5.97. The first-order chi connectivity index (χ1) is 20.7. The fourth-order valence-electron chi connectivity index (χ4n) is 4.93. The number of allylic oxidation sites excluding steroid dienone is 1. The molecule has 8 nitrogen and oxygen atoms in total. The lowest BCUT2D eigenvalue weighted by molar-refractivity contribution is -0.139. The van der Waals surface area contributed by atoms with Crippen LogP contribution >= 0.6 is 11.3 Å². The highest BCUT2D eigenvalue weighted by Gasteiger charge is 2.33. The maximum absolute atomic E-state index is 14.3. The van der Waals surface area contributed by atoms with Gasteiger partial charge in [0.25, 0.3) is 5.56 Å². The van der Waals surface area contributed by atoms with Gasteiger partial charge in [0.2, 0.25) is 0 Å². The average molecular weight is 602 g/mol. The lowest BCUT2D eigenvalue weighted by Crippen LogP contribution is -2.40. The number of hydrogen-bond donors (Lipinski definition) is 0. The van der Waals surface area contributed by atoms with Gasteiger partial charge in [-0.1, -0.05) is 53.8 Å². The second kappa shape index (κ2) is 12.7. The van der Waals surface area contributed by atoms with E-state index in [2.05, 4.69) is 4.99 Å². The van der Waals surface area contributed by atoms with Crippen molar-refractivity contribution in [2.75, 3.05) is 32.7 Å². The summed E-state index contributed by atoms with van der Waals surface area (Å²) in [7, 11) is 5.41. The molecule has 5 rings (SSSR count). The fraction of sp³-hybridized carbons (Fsp3) is 0.242. The van der Waals surface area contributed by atoms with E-state index in [1.54, 1.807) is 60.9 Å². The smallest absolute Gasteiger partial charge is 0.338 e. The second-order valence-electron chi connectivity index (χ2n) is 10.0. The Balaban J connectivity index is 1.64. The topological polar surface area (TPSA) is 82.4 Å². The first-order valence-electron chi connectivity index (χ1n) is 13.7. The van der Waals surface area contributed by atoms with Gasteiger partial charge in [-0.25, -0.2) is 14.2 Å². The van der Waals surface area contributed by atoms with Crippen molar-refractivity contribution in [1.29, 1.82) is 0 Å². The van der Waals surface area contributed by atoms with Crippen LogP contribution in [0.25, 0.3) is 6.08 Å². The third-order valence-corrected chi connectivity index (χ3v) is 8.07. The molecule has 0 bridgehead atoms. The maximum atomic E-state index is 14.3. The van der Waals surface area contributed by atoms with Crippen molar-refractivity contribution in [1.82, 2.24) is 4.57 Å². The van der Waals surface area contributed by atoms with Gasteiger partial charge in [0.05, 0.1) is 35.6 Å². The van der Waals surface area contributed by atoms with Gasteiger partial charge in [0, 0.05) is 30.9 Å². The molecule has 0 saturated carbocycles. The van der Waals surface area contributed by atoms with Crippen LogP contribution in [0.3, 0.4) is 0 Å². The number of halogens is 1. The van der Waals surface area contributed by atoms with Crippen LogP contribution in [0.5, 0.6) is 11.5 Å². The van der Waals surface area contributed by atoms with Gasteiger partial charge in [0.1, 0.15) is 12.4 Å². The molecule has 1 unspecified atom stereocenters. The molecular weight excluding hydrogens is 569 g/mol. The monoisotopic (exact) mass is 601 g/mol. The van der Waals surface area contributed by atoms with Gasteiger partial charge in [-0.15, -0.1) is 0 Å². The van der Waals surface area contributed by atoms with E-state index in [0.717, 1.165) is 11.3 Å². The first kappa shape index (κ1) is 29.8. The third-order valence-electron chi connectivity index (χ3n) is 7.09. The summed E-state index contributed by atoms with van der Waals surface area (Å²) in [6.45, 7) is 3.66. The van der Waals surface area contributed by atoms with E-state index in [1.165, 1.54) is 24.5 Å². The molecule has 1 aliphatic heterocycles. The van der Waals surface area contributed by atoms with Crippen molar-refractivity contribution in [2.45, 2.75) is 26.5 Å². The van der Waals surface area contributed by atoms with Crippen molar-refractivity contribution in [2.24, 2.45) is 4.99 Å². The number of thiazole rings is 1. The molecule has 1 aromatic heterocycles. The van der Waals surface area contributed by atoms with E-state index in [9.17, 15) is 14.0 Å². The Labute approximate surface area is 252 Å². The number of carbonyl (C=O) groups is 1. The summed E-state index contributed by atoms with van der Waals surface area (Å²) in [4.78, 5) is 34.4. The molecule has 0 saturated heterocycles. The zero-order valence-electron chi connectivity index (χ0n) is 24.6. The molecule has 4 aromatic rings. The van der Waals surface area contributed by atoms with Gasteiger partial charge in [-0.05, 0) is 49.8 Å². The van der Waals surface area contributed by atoms with Crippen molar-refractivity contribution < 1.29 is 23.4 Å². The van der Waals surface area contributed by atoms with Crippen LogP contribution in [0.2, 0.25) is 0 Å². The first-order valence-corrected chi connectivity index (χ1v) is 14.5. The summed E-state index contributed by atoms with van der Waals surface area (Å²) in [6.07, 6.45) is 1.71. The third kappa shape index (κ3) is 5.96. The van der Waals surface area contributed by atoms with Crippen molar-refractivity contribution in [3.05, 3.63) is 120 Å². The second-order valence-corrected chi connectivity index (χ2v) is 11.1. The Kier molecular flexibility index (Phi) is 8.77. The van der Waals surface area contributed by atoms with E-state index < -0.39 is 12.0 Å². The van der Waals surface area contributed by atoms with Crippen molar-refractivity contribution in [3.63, 3.8) is 0 Å². The van der Waals surface area contributed by atoms with Crippen LogP contribution in [-0.2, 0) is 16.1 Å². The van der Waals surface area contributed by atoms with Crippen LogP contribution < -0.4 is 29.3 Å². The number of fused-ring (bicyclic) bond motifs is 1. The lowest BCUT2D eigenvalue weighted by Gasteiger charge is -2.25. The molecule has 10 heteroatoms. The van der Waals surface area contributed by atoms with Crippen LogP contribution in [0.15, 0.2) is 87.8 Å². The Bertz CT molecular complexity index is 1880. The maximum Gasteiger partial charge on any atom is 0.338 e. The van der Waals surface area contributed by atoms with Gasteiger partial charge >= 0.3 is 5.97 Å². The molecule has 0 N–H and O–H groups in total. The molecule has 43 heavy (non-hydrogen) atoms. The summed E-state index contributed by atoms with van der Waals surface area (Å²) in [5, 5.41) is 0. The number of hydrogen-bond acceptors (Lipinski definition) is 8. The number of ether oxygens (including phenoxy) is 3. The van der Waals surface area contributed by atoms with Crippen LogP contribution in [0.1, 0.15) is 36.6 Å². The molecule has 1 atom stereocenters. The normalized spacial score (nSPS) is 14.7. The predicted molar refractivity (Wildman–Crippen MR) is 165 cm³/mol. The number of anilines is 1. The number of esters is 1. The highest BCUT2D eigenvalue weighted by Crippen LogP contribution is 2.34. The van der Waals surface area contributed by atoms with E-state index in [1.807, 2.05) is 43.3 Å². The Hall–Kier alpha value is -4.70. The molecule has 0 aliphatic carbocycles. The predicted octanol–water partition coefficient (Wildman–Crippen LogP) is 4.59. The largest absolute Gasteiger partial charge is 0.493 e. The molecular formula is C33H32FN3O5S. The van der Waals surface area contributed by atoms with E-state index >= 15 is 0 Å². The standard InChI is InChI=1S/C33H32FN3O5S/c1-6-41-32(39)28-20(2)35-33-37(29(28)21-14-16-24(17-15-21)36(3)4)31(38)27(43-33)18-22-11-9-13-26(40-5)30(22)42-19-23-10-7-8-12-25(23)34/h7-18,29H,6,19H2,1-5H3/b27-18-. The number of benzene rings is 3. The van der Waals surface area contributed by atoms with Gasteiger partial charge in [-0.2, -0.15) is 0 Å². The molecule has 1 aliphatic rings. The highest BCUT2D eigenvalue weighted by atomic mass is 32.1. The van der Waals surface area contributed by atoms with Gasteiger partial charge in [-0.3, -0.25) is 9.36 Å². The summed E-state index contributed by atoms with van der Waals surface area (Å²) in [5.41, 5.74) is 3.19. The molecule has 0 spiro atoms. The minimum Gasteiger partial charge on any atom is -0.493 e. The molecule has 222 valence electrons. The quantitative estimate of drug-likeness (QED) is 0.261. The Morgan fingerprint density at radius 2 is 1.84 bits per heavy atom. The summed E-state index contributed by atoms with van der Waals surface area (Å²) in [6, 6.07) is 18.7. The number of carbonyl (C=O) groups excluding carboxylic acids is 1. The highest BCUT2D eigenvalue weighted by molar-refractivity contribution is 7.07. The van der Waals surface area contributed by atoms with Crippen LogP contribution in [0, 0.1) is 5.82 Å². The SMILES string of the molecule is CCOC(=O)C1=C(C)N=c2s/c(=C\c3cccc(OC)c3OCc3ccccc3F)c(=O)n2C1c1ccc(N(C)C)cc1. The summed E-state index contributed by atoms with van der Waals surface area (Å²) < 4.78 is 33.2. The summed E-state index contributed by atoms with van der Waals surface area (Å²) in [5.74, 6) is -0.0783. The minimum absolute atomic E-state index is 0.0276. The van der Waals surface area contributed by atoms with Crippen molar-refractivity contribution in [3.8, 4) is 11.5 Å². The number of aromatic nitrogens is 1. The Morgan fingerprint density at radius 3 is 2.51 bits per heavy atom. The Morgan fingerprint density at radius 1 is 1.09 bits per heavy atom. The van der Waals surface area contributed by atoms with E-state index in [0.29, 0.717) is 43.2 Å². The molecule has 2 heterocycles. The number of para-hydroxylation sites is 1. The number of nitrogens with zero attached hydrogens (tertiary/aromatic N) is 3. The van der Waals surface area contributed by atoms with Crippen LogP contribution in [-0.4, -0.2) is 38.3 Å². The molecule has 3 aromatic carbocycles. The average Bonchev–Trinajstić information content (AvgIpc) is 3.30. The number of methoxy groups -OCH3 is 1. The lowest BCUT2D eigenvalue weighted by atomic mass is 9.95.